The third kappa shape index (κ3) is 3.34. The molecule has 140 valence electrons. The summed E-state index contributed by atoms with van der Waals surface area (Å²) in [6, 6.07) is 19.7. The molecule has 0 atom stereocenters. The van der Waals surface area contributed by atoms with Crippen LogP contribution in [0.4, 0.5) is 0 Å². The lowest BCUT2D eigenvalue weighted by Gasteiger charge is -2.11. The maximum atomic E-state index is 12.6. The fourth-order valence-corrected chi connectivity index (χ4v) is 3.27. The van der Waals surface area contributed by atoms with Crippen LogP contribution in [0.2, 0.25) is 0 Å². The zero-order valence-electron chi connectivity index (χ0n) is 15.3. The Labute approximate surface area is 161 Å². The van der Waals surface area contributed by atoms with Crippen LogP contribution in [-0.2, 0) is 11.3 Å². The Bertz CT molecular complexity index is 1220. The van der Waals surface area contributed by atoms with Crippen LogP contribution in [-0.4, -0.2) is 12.6 Å². The first kappa shape index (κ1) is 17.8. The highest BCUT2D eigenvalue weighted by atomic mass is 16.5. The Kier molecular flexibility index (Phi) is 4.81. The van der Waals surface area contributed by atoms with E-state index in [1.807, 2.05) is 37.3 Å². The number of benzene rings is 3. The van der Waals surface area contributed by atoms with Crippen LogP contribution in [0.1, 0.15) is 22.8 Å². The zero-order valence-corrected chi connectivity index (χ0v) is 15.3. The van der Waals surface area contributed by atoms with Gasteiger partial charge >= 0.3 is 11.6 Å². The van der Waals surface area contributed by atoms with Crippen molar-refractivity contribution in [3.05, 3.63) is 88.3 Å². The van der Waals surface area contributed by atoms with Crippen LogP contribution < -0.4 is 10.4 Å². The van der Waals surface area contributed by atoms with Crippen molar-refractivity contribution in [3.8, 4) is 5.75 Å². The number of ether oxygens (including phenoxy) is 2. The topological polar surface area (TPSA) is 65.7 Å². The van der Waals surface area contributed by atoms with Crippen molar-refractivity contribution in [3.63, 3.8) is 0 Å². The van der Waals surface area contributed by atoms with E-state index in [0.717, 1.165) is 16.2 Å². The normalized spacial score (nSPS) is 10.9. The Balaban J connectivity index is 1.71. The van der Waals surface area contributed by atoms with Crippen molar-refractivity contribution in [2.75, 3.05) is 6.61 Å². The lowest BCUT2D eigenvalue weighted by molar-refractivity contribution is 0.0469. The summed E-state index contributed by atoms with van der Waals surface area (Å²) in [6.07, 6.45) is 0. The van der Waals surface area contributed by atoms with Crippen LogP contribution in [0.3, 0.4) is 0 Å². The van der Waals surface area contributed by atoms with E-state index in [-0.39, 0.29) is 6.61 Å². The molecule has 5 nitrogen and oxygen atoms in total. The van der Waals surface area contributed by atoms with Gasteiger partial charge in [0.25, 0.3) is 0 Å². The molecule has 0 aliphatic carbocycles. The second-order valence-electron chi connectivity index (χ2n) is 6.26. The van der Waals surface area contributed by atoms with Crippen molar-refractivity contribution < 1.29 is 18.7 Å². The van der Waals surface area contributed by atoms with Gasteiger partial charge in [-0.3, -0.25) is 0 Å². The quantitative estimate of drug-likeness (QED) is 0.288. The molecule has 0 fully saturated rings. The van der Waals surface area contributed by atoms with Gasteiger partial charge in [-0.1, -0.05) is 42.5 Å². The van der Waals surface area contributed by atoms with Crippen LogP contribution >= 0.6 is 0 Å². The first-order chi connectivity index (χ1) is 13.7. The van der Waals surface area contributed by atoms with E-state index in [0.29, 0.717) is 29.1 Å². The number of fused-ring (bicyclic) bond motifs is 3. The predicted octanol–water partition coefficient (Wildman–Crippen LogP) is 4.70. The largest absolute Gasteiger partial charge is 0.493 e. The van der Waals surface area contributed by atoms with E-state index < -0.39 is 11.6 Å². The molecule has 0 spiro atoms. The molecule has 0 N–H and O–H groups in total. The Morgan fingerprint density at radius 3 is 2.64 bits per heavy atom. The van der Waals surface area contributed by atoms with E-state index in [2.05, 4.69) is 0 Å². The lowest BCUT2D eigenvalue weighted by Crippen LogP contribution is -2.10. The average Bonchev–Trinajstić information content (AvgIpc) is 2.72. The molecule has 0 aliphatic heterocycles. The average molecular weight is 374 g/mol. The number of esters is 1. The van der Waals surface area contributed by atoms with E-state index in [4.69, 9.17) is 13.9 Å². The number of carbonyl (C=O) groups is 1. The van der Waals surface area contributed by atoms with Crippen LogP contribution in [0.15, 0.2) is 75.9 Å². The van der Waals surface area contributed by atoms with Crippen LogP contribution in [0.5, 0.6) is 5.75 Å². The molecule has 0 radical (unpaired) electrons. The number of hydrogen-bond donors (Lipinski definition) is 0. The maximum Gasteiger partial charge on any atom is 0.342 e. The highest BCUT2D eigenvalue weighted by molar-refractivity contribution is 6.07. The molecular weight excluding hydrogens is 356 g/mol. The van der Waals surface area contributed by atoms with E-state index in [1.165, 1.54) is 6.07 Å². The minimum Gasteiger partial charge on any atom is -0.493 e. The fourth-order valence-electron chi connectivity index (χ4n) is 3.27. The van der Waals surface area contributed by atoms with Gasteiger partial charge in [-0.15, -0.1) is 0 Å². The number of hydrogen-bond acceptors (Lipinski definition) is 5. The molecule has 0 saturated carbocycles. The van der Waals surface area contributed by atoms with Gasteiger partial charge < -0.3 is 13.9 Å². The van der Waals surface area contributed by atoms with E-state index in [9.17, 15) is 9.59 Å². The molecule has 0 aliphatic rings. The summed E-state index contributed by atoms with van der Waals surface area (Å²) in [6.45, 7) is 2.25. The molecule has 28 heavy (non-hydrogen) atoms. The van der Waals surface area contributed by atoms with Gasteiger partial charge in [0, 0.05) is 17.0 Å². The summed E-state index contributed by atoms with van der Waals surface area (Å²) < 4.78 is 16.3. The number of rotatable bonds is 5. The van der Waals surface area contributed by atoms with Gasteiger partial charge in [0.05, 0.1) is 6.61 Å². The Morgan fingerprint density at radius 1 is 1.00 bits per heavy atom. The maximum absolute atomic E-state index is 12.6. The summed E-state index contributed by atoms with van der Waals surface area (Å²) in [5.41, 5.74) is 0.933. The molecule has 0 unspecified atom stereocenters. The molecule has 0 saturated heterocycles. The van der Waals surface area contributed by atoms with Gasteiger partial charge in [-0.25, -0.2) is 9.59 Å². The fraction of sp³-hybridized carbons (Fsp3) is 0.130. The summed E-state index contributed by atoms with van der Waals surface area (Å²) >= 11 is 0. The zero-order chi connectivity index (χ0) is 19.5. The highest BCUT2D eigenvalue weighted by Crippen LogP contribution is 2.28. The Hall–Kier alpha value is -3.60. The number of para-hydroxylation sites is 1. The molecule has 1 aromatic heterocycles. The van der Waals surface area contributed by atoms with Crippen LogP contribution in [0.25, 0.3) is 21.7 Å². The van der Waals surface area contributed by atoms with Gasteiger partial charge in [-0.05, 0) is 35.9 Å². The minimum absolute atomic E-state index is 0.0462. The second kappa shape index (κ2) is 7.56. The van der Waals surface area contributed by atoms with Gasteiger partial charge in [0.1, 0.15) is 23.5 Å². The third-order valence-electron chi connectivity index (χ3n) is 4.48. The molecule has 1 heterocycles. The van der Waals surface area contributed by atoms with Crippen molar-refractivity contribution in [2.24, 2.45) is 0 Å². The molecule has 4 aromatic rings. The molecule has 0 bridgehead atoms. The summed E-state index contributed by atoms with van der Waals surface area (Å²) in [7, 11) is 0. The predicted molar refractivity (Wildman–Crippen MR) is 107 cm³/mol. The monoisotopic (exact) mass is 374 g/mol. The third-order valence-corrected chi connectivity index (χ3v) is 4.48. The van der Waals surface area contributed by atoms with Crippen LogP contribution in [0, 0.1) is 0 Å². The van der Waals surface area contributed by atoms with Gasteiger partial charge in [-0.2, -0.15) is 0 Å². The summed E-state index contributed by atoms with van der Waals surface area (Å²) in [5, 5.41) is 2.71. The molecule has 5 heteroatoms. The standard InChI is InChI=1S/C23H18O5/c1-2-26-19-10-6-5-9-18(19)23(25)27-14-16-13-21(24)28-20-12-11-15-7-3-4-8-17(15)22(16)20/h3-13H,2,14H2,1H3. The summed E-state index contributed by atoms with van der Waals surface area (Å²) in [4.78, 5) is 24.6. The van der Waals surface area contributed by atoms with Crippen molar-refractivity contribution in [1.82, 2.24) is 0 Å². The first-order valence-corrected chi connectivity index (χ1v) is 9.01. The minimum atomic E-state index is -0.509. The van der Waals surface area contributed by atoms with Crippen molar-refractivity contribution in [1.29, 1.82) is 0 Å². The van der Waals surface area contributed by atoms with E-state index >= 15 is 0 Å². The first-order valence-electron chi connectivity index (χ1n) is 9.01. The van der Waals surface area contributed by atoms with Crippen molar-refractivity contribution >= 4 is 27.7 Å². The van der Waals surface area contributed by atoms with E-state index in [1.54, 1.807) is 30.3 Å². The SMILES string of the molecule is CCOc1ccccc1C(=O)OCc1cc(=O)oc2ccc3ccccc3c12. The molecule has 3 aromatic carbocycles. The molecular formula is C23H18O5. The number of carbonyl (C=O) groups excluding carboxylic acids is 1. The van der Waals surface area contributed by atoms with Crippen molar-refractivity contribution in [2.45, 2.75) is 13.5 Å². The lowest BCUT2D eigenvalue weighted by atomic mass is 10.0. The molecule has 4 rings (SSSR count). The molecule has 0 amide bonds. The van der Waals surface area contributed by atoms with Gasteiger partial charge in [0.2, 0.25) is 0 Å². The highest BCUT2D eigenvalue weighted by Gasteiger charge is 2.16. The van der Waals surface area contributed by atoms with Gasteiger partial charge in [0.15, 0.2) is 0 Å². The Morgan fingerprint density at radius 2 is 1.79 bits per heavy atom. The smallest absolute Gasteiger partial charge is 0.342 e. The summed E-state index contributed by atoms with van der Waals surface area (Å²) in [5.74, 6) is -0.0384. The second-order valence-corrected chi connectivity index (χ2v) is 6.26.